The molecular weight excluding hydrogens is 375 g/mol. The van der Waals surface area contributed by atoms with Gasteiger partial charge < -0.3 is 4.57 Å². The van der Waals surface area contributed by atoms with Crippen LogP contribution >= 0.6 is 46.1 Å². The minimum Gasteiger partial charge on any atom is -0.303 e. The van der Waals surface area contributed by atoms with Gasteiger partial charge in [-0.25, -0.2) is 4.98 Å². The molecule has 0 saturated carbocycles. The van der Waals surface area contributed by atoms with Crippen molar-refractivity contribution in [1.82, 2.24) is 9.55 Å². The van der Waals surface area contributed by atoms with Crippen molar-refractivity contribution in [2.45, 2.75) is 0 Å². The first-order chi connectivity index (χ1) is 11.0. The maximum absolute atomic E-state index is 12.8. The molecule has 0 radical (unpaired) electrons. The smallest absolute Gasteiger partial charge is 0.219 e. The van der Waals surface area contributed by atoms with Crippen LogP contribution in [-0.2, 0) is 0 Å². The van der Waals surface area contributed by atoms with Gasteiger partial charge in [0.25, 0.3) is 0 Å². The van der Waals surface area contributed by atoms with E-state index in [0.29, 0.717) is 30.5 Å². The average molecular weight is 384 g/mol. The van der Waals surface area contributed by atoms with Crippen LogP contribution in [0.15, 0.2) is 49.1 Å². The van der Waals surface area contributed by atoms with Crippen LogP contribution in [0, 0.1) is 0 Å². The van der Waals surface area contributed by atoms with Crippen molar-refractivity contribution in [1.29, 1.82) is 0 Å². The molecular formula is C16H9Cl3N2OS. The van der Waals surface area contributed by atoms with Crippen molar-refractivity contribution >= 4 is 63.7 Å². The van der Waals surface area contributed by atoms with E-state index in [4.69, 9.17) is 34.8 Å². The van der Waals surface area contributed by atoms with Crippen LogP contribution in [0.4, 0.5) is 0 Å². The lowest BCUT2D eigenvalue weighted by Crippen LogP contribution is -2.06. The summed E-state index contributed by atoms with van der Waals surface area (Å²) in [4.78, 5) is 17.3. The van der Waals surface area contributed by atoms with Crippen LogP contribution in [0.25, 0.3) is 11.8 Å². The van der Waals surface area contributed by atoms with Gasteiger partial charge in [-0.15, -0.1) is 11.3 Å². The van der Waals surface area contributed by atoms with E-state index in [1.165, 1.54) is 11.3 Å². The topological polar surface area (TPSA) is 34.9 Å². The molecule has 0 N–H and O–H groups in total. The molecule has 0 amide bonds. The zero-order valence-corrected chi connectivity index (χ0v) is 14.6. The third kappa shape index (κ3) is 3.67. The second kappa shape index (κ2) is 6.89. The third-order valence-electron chi connectivity index (χ3n) is 3.07. The summed E-state index contributed by atoms with van der Waals surface area (Å²) in [5, 5.41) is 1.000. The van der Waals surface area contributed by atoms with Crippen LogP contribution in [-0.4, -0.2) is 15.3 Å². The van der Waals surface area contributed by atoms with Crippen molar-refractivity contribution < 1.29 is 4.79 Å². The molecule has 0 atom stereocenters. The summed E-state index contributed by atoms with van der Waals surface area (Å²) in [5.41, 5.74) is 1.11. The molecule has 0 aliphatic rings. The Bertz CT molecular complexity index is 885. The van der Waals surface area contributed by atoms with E-state index < -0.39 is 0 Å². The molecule has 7 heteroatoms. The average Bonchev–Trinajstić information content (AvgIpc) is 3.17. The van der Waals surface area contributed by atoms with E-state index >= 15 is 0 Å². The summed E-state index contributed by atoms with van der Waals surface area (Å²) in [6.07, 6.45) is 6.56. The van der Waals surface area contributed by atoms with Gasteiger partial charge in [0, 0.05) is 22.4 Å². The number of Topliss-reactive ketones (excluding diaryl/α,β-unsaturated/α-hetero) is 1. The summed E-state index contributed by atoms with van der Waals surface area (Å²) in [6, 6.07) is 8.50. The van der Waals surface area contributed by atoms with Gasteiger partial charge in [0.1, 0.15) is 0 Å². The molecule has 0 spiro atoms. The predicted molar refractivity (Wildman–Crippen MR) is 96.5 cm³/mol. The van der Waals surface area contributed by atoms with Gasteiger partial charge in [0.05, 0.1) is 21.2 Å². The number of nitrogens with zero attached hydrogens (tertiary/aromatic N) is 2. The fraction of sp³-hybridized carbons (Fsp3) is 0. The van der Waals surface area contributed by atoms with Gasteiger partial charge in [-0.3, -0.25) is 4.79 Å². The highest BCUT2D eigenvalue weighted by molar-refractivity contribution is 7.18. The van der Waals surface area contributed by atoms with E-state index in [-0.39, 0.29) is 5.78 Å². The molecule has 3 aromatic rings. The monoisotopic (exact) mass is 382 g/mol. The highest BCUT2D eigenvalue weighted by Gasteiger charge is 2.17. The number of aromatic nitrogens is 2. The molecule has 0 fully saturated rings. The lowest BCUT2D eigenvalue weighted by molar-refractivity contribution is 0.105. The van der Waals surface area contributed by atoms with E-state index in [0.717, 1.165) is 0 Å². The molecule has 1 aromatic carbocycles. The maximum Gasteiger partial charge on any atom is 0.219 e. The van der Waals surface area contributed by atoms with E-state index in [9.17, 15) is 4.79 Å². The number of carbonyl (C=O) groups is 1. The van der Waals surface area contributed by atoms with Gasteiger partial charge in [-0.2, -0.15) is 0 Å². The fourth-order valence-electron chi connectivity index (χ4n) is 1.99. The van der Waals surface area contributed by atoms with E-state index in [1.807, 2.05) is 0 Å². The Kier molecular flexibility index (Phi) is 4.87. The van der Waals surface area contributed by atoms with Gasteiger partial charge in [-0.1, -0.05) is 40.9 Å². The summed E-state index contributed by atoms with van der Waals surface area (Å²) >= 11 is 19.3. The molecule has 2 aromatic heterocycles. The number of imidazole rings is 1. The van der Waals surface area contributed by atoms with Crippen molar-refractivity contribution in [3.63, 3.8) is 0 Å². The van der Waals surface area contributed by atoms with E-state index in [1.54, 1.807) is 59.7 Å². The number of rotatable bonds is 4. The number of halogens is 3. The first-order valence-corrected chi connectivity index (χ1v) is 8.45. The van der Waals surface area contributed by atoms with E-state index in [2.05, 4.69) is 4.98 Å². The number of benzene rings is 1. The van der Waals surface area contributed by atoms with Crippen molar-refractivity contribution in [3.8, 4) is 0 Å². The van der Waals surface area contributed by atoms with Crippen LogP contribution in [0.2, 0.25) is 14.4 Å². The SMILES string of the molecule is O=C(C(=Cc1ccc(Cl)cc1Cl)n1ccnc1)c1ccc(Cl)s1. The summed E-state index contributed by atoms with van der Waals surface area (Å²) < 4.78 is 2.20. The minimum absolute atomic E-state index is 0.161. The van der Waals surface area contributed by atoms with Crippen molar-refractivity contribution in [2.24, 2.45) is 0 Å². The third-order valence-corrected chi connectivity index (χ3v) is 4.86. The Labute approximate surface area is 151 Å². The molecule has 23 heavy (non-hydrogen) atoms. The minimum atomic E-state index is -0.161. The normalized spacial score (nSPS) is 11.7. The van der Waals surface area contributed by atoms with Crippen molar-refractivity contribution in [2.75, 3.05) is 0 Å². The van der Waals surface area contributed by atoms with Gasteiger partial charge in [0.2, 0.25) is 5.78 Å². The molecule has 0 unspecified atom stereocenters. The van der Waals surface area contributed by atoms with Crippen LogP contribution in [0.3, 0.4) is 0 Å². The molecule has 3 nitrogen and oxygen atoms in total. The Morgan fingerprint density at radius 3 is 2.61 bits per heavy atom. The van der Waals surface area contributed by atoms with Gasteiger partial charge >= 0.3 is 0 Å². The maximum atomic E-state index is 12.8. The summed E-state index contributed by atoms with van der Waals surface area (Å²) in [6.45, 7) is 0. The summed E-state index contributed by atoms with van der Waals surface area (Å²) in [7, 11) is 0. The lowest BCUT2D eigenvalue weighted by Gasteiger charge is -2.08. The number of thiophene rings is 1. The standard InChI is InChI=1S/C16H9Cl3N2OS/c17-11-2-1-10(12(18)8-11)7-13(21-6-5-20-9-21)16(22)14-3-4-15(19)23-14/h1-9H. The first kappa shape index (κ1) is 16.3. The summed E-state index contributed by atoms with van der Waals surface area (Å²) in [5.74, 6) is -0.161. The van der Waals surface area contributed by atoms with Crippen LogP contribution in [0.1, 0.15) is 15.2 Å². The van der Waals surface area contributed by atoms with Gasteiger partial charge in [0.15, 0.2) is 0 Å². The first-order valence-electron chi connectivity index (χ1n) is 6.50. The van der Waals surface area contributed by atoms with Crippen molar-refractivity contribution in [3.05, 3.63) is 73.9 Å². The number of allylic oxidation sites excluding steroid dienone is 1. The predicted octanol–water partition coefficient (Wildman–Crippen LogP) is 5.79. The fourth-order valence-corrected chi connectivity index (χ4v) is 3.44. The Hall–Kier alpha value is -1.59. The highest BCUT2D eigenvalue weighted by atomic mass is 35.5. The zero-order valence-electron chi connectivity index (χ0n) is 11.5. The van der Waals surface area contributed by atoms with Crippen LogP contribution < -0.4 is 0 Å². The Morgan fingerprint density at radius 1 is 1.17 bits per heavy atom. The molecule has 0 saturated heterocycles. The highest BCUT2D eigenvalue weighted by Crippen LogP contribution is 2.28. The quantitative estimate of drug-likeness (QED) is 0.422. The largest absolute Gasteiger partial charge is 0.303 e. The number of hydrogen-bond donors (Lipinski definition) is 0. The molecule has 0 bridgehead atoms. The number of hydrogen-bond acceptors (Lipinski definition) is 3. The zero-order chi connectivity index (χ0) is 16.4. The Balaban J connectivity index is 2.09. The molecule has 2 heterocycles. The molecule has 0 aliphatic carbocycles. The number of ketones is 1. The molecule has 0 aliphatic heterocycles. The second-order valence-corrected chi connectivity index (χ2v) is 7.16. The van der Waals surface area contributed by atoms with Gasteiger partial charge in [-0.05, 0) is 35.9 Å². The second-order valence-electron chi connectivity index (χ2n) is 4.60. The molecule has 116 valence electrons. The lowest BCUT2D eigenvalue weighted by atomic mass is 10.1. The Morgan fingerprint density at radius 2 is 2.00 bits per heavy atom. The number of carbonyl (C=O) groups excluding carboxylic acids is 1. The molecule has 3 rings (SSSR count). The van der Waals surface area contributed by atoms with Crippen LogP contribution in [0.5, 0.6) is 0 Å².